The largest absolute Gasteiger partial charge is 0.465 e. The summed E-state index contributed by atoms with van der Waals surface area (Å²) in [4.78, 5) is 24.6. The molecule has 0 aromatic heterocycles. The summed E-state index contributed by atoms with van der Waals surface area (Å²) < 4.78 is 9.71. The van der Waals surface area contributed by atoms with Crippen molar-refractivity contribution in [1.29, 1.82) is 0 Å². The molecule has 0 spiro atoms. The second kappa shape index (κ2) is 11.1. The molecule has 0 fully saturated rings. The molecule has 0 bridgehead atoms. The zero-order valence-electron chi connectivity index (χ0n) is 11.0. The highest BCUT2D eigenvalue weighted by molar-refractivity contribution is 7.99. The zero-order chi connectivity index (χ0) is 13.8. The molecular formula is C12H21NO4S. The number of amides is 1. The summed E-state index contributed by atoms with van der Waals surface area (Å²) in [5.41, 5.74) is 0. The van der Waals surface area contributed by atoms with Gasteiger partial charge in [-0.2, -0.15) is 0 Å². The fraction of sp³-hybridized carbons (Fsp3) is 0.667. The first-order valence-electron chi connectivity index (χ1n) is 5.76. The molecule has 0 heterocycles. The monoisotopic (exact) mass is 275 g/mol. The molecule has 0 N–H and O–H groups in total. The van der Waals surface area contributed by atoms with Gasteiger partial charge in [0.15, 0.2) is 0 Å². The number of carbonyl (C=O) groups excluding carboxylic acids is 2. The summed E-state index contributed by atoms with van der Waals surface area (Å²) in [5.74, 6) is 0.596. The van der Waals surface area contributed by atoms with Crippen molar-refractivity contribution in [3.8, 4) is 0 Å². The summed E-state index contributed by atoms with van der Waals surface area (Å²) >= 11 is 1.48. The first-order valence-corrected chi connectivity index (χ1v) is 6.92. The average molecular weight is 275 g/mol. The summed E-state index contributed by atoms with van der Waals surface area (Å²) in [6.07, 6.45) is 1.59. The minimum atomic E-state index is -0.394. The molecule has 0 radical (unpaired) electrons. The second-order valence-corrected chi connectivity index (χ2v) is 4.52. The van der Waals surface area contributed by atoms with E-state index in [1.165, 1.54) is 16.7 Å². The van der Waals surface area contributed by atoms with E-state index in [1.807, 2.05) is 0 Å². The van der Waals surface area contributed by atoms with Gasteiger partial charge in [-0.25, -0.2) is 0 Å². The van der Waals surface area contributed by atoms with Crippen molar-refractivity contribution in [2.75, 3.05) is 44.9 Å². The summed E-state index contributed by atoms with van der Waals surface area (Å²) in [6.45, 7) is 6.56. The van der Waals surface area contributed by atoms with Gasteiger partial charge in [-0.3, -0.25) is 9.59 Å². The molecule has 0 rings (SSSR count). The van der Waals surface area contributed by atoms with Crippen LogP contribution >= 0.6 is 11.8 Å². The molecule has 0 aromatic rings. The number of nitrogens with zero attached hydrogens (tertiary/aromatic N) is 1. The van der Waals surface area contributed by atoms with E-state index in [0.29, 0.717) is 25.5 Å². The third-order valence-corrected chi connectivity index (χ3v) is 2.89. The minimum absolute atomic E-state index is 0.0243. The van der Waals surface area contributed by atoms with Gasteiger partial charge in [-0.1, -0.05) is 6.08 Å². The van der Waals surface area contributed by atoms with E-state index in [-0.39, 0.29) is 12.5 Å². The van der Waals surface area contributed by atoms with Crippen LogP contribution in [0.1, 0.15) is 6.92 Å². The van der Waals surface area contributed by atoms with E-state index >= 15 is 0 Å². The maximum atomic E-state index is 11.8. The second-order valence-electron chi connectivity index (χ2n) is 3.41. The van der Waals surface area contributed by atoms with Crippen LogP contribution in [0, 0.1) is 0 Å². The Labute approximate surface area is 112 Å². The molecule has 5 nitrogen and oxygen atoms in total. The molecule has 0 saturated heterocycles. The van der Waals surface area contributed by atoms with E-state index in [2.05, 4.69) is 6.58 Å². The van der Waals surface area contributed by atoms with Crippen LogP contribution in [0.3, 0.4) is 0 Å². The van der Waals surface area contributed by atoms with Crippen LogP contribution in [0.15, 0.2) is 12.7 Å². The van der Waals surface area contributed by atoms with E-state index in [9.17, 15) is 9.59 Å². The SMILES string of the molecule is C=CCN(CC(=O)OCC)C(=O)CSCCOC. The molecule has 104 valence electrons. The number of rotatable bonds is 10. The van der Waals surface area contributed by atoms with Gasteiger partial charge in [-0.15, -0.1) is 18.3 Å². The van der Waals surface area contributed by atoms with E-state index in [1.54, 1.807) is 20.1 Å². The number of thioether (sulfide) groups is 1. The number of methoxy groups -OCH3 is 1. The van der Waals surface area contributed by atoms with Crippen molar-refractivity contribution in [2.24, 2.45) is 0 Å². The lowest BCUT2D eigenvalue weighted by Gasteiger charge is -2.19. The predicted octanol–water partition coefficient (Wildman–Crippen LogP) is 0.944. The number of esters is 1. The molecule has 18 heavy (non-hydrogen) atoms. The van der Waals surface area contributed by atoms with Crippen LogP contribution < -0.4 is 0 Å². The van der Waals surface area contributed by atoms with Gasteiger partial charge in [0.2, 0.25) is 5.91 Å². The standard InChI is InChI=1S/C12H21NO4S/c1-4-6-13(9-12(15)17-5-2)11(14)10-18-8-7-16-3/h4H,1,5-10H2,2-3H3. The molecule has 0 unspecified atom stereocenters. The van der Waals surface area contributed by atoms with Gasteiger partial charge in [0.05, 0.1) is 19.0 Å². The van der Waals surface area contributed by atoms with Crippen molar-refractivity contribution >= 4 is 23.6 Å². The third kappa shape index (κ3) is 8.14. The topological polar surface area (TPSA) is 55.8 Å². The fourth-order valence-electron chi connectivity index (χ4n) is 1.17. The van der Waals surface area contributed by atoms with Crippen LogP contribution in [-0.4, -0.2) is 61.7 Å². The smallest absolute Gasteiger partial charge is 0.325 e. The van der Waals surface area contributed by atoms with Gasteiger partial charge >= 0.3 is 5.97 Å². The summed E-state index contributed by atoms with van der Waals surface area (Å²) in [7, 11) is 1.62. The number of ether oxygens (including phenoxy) is 2. The zero-order valence-corrected chi connectivity index (χ0v) is 11.8. The first-order chi connectivity index (χ1) is 8.65. The van der Waals surface area contributed by atoms with Crippen molar-refractivity contribution in [3.05, 3.63) is 12.7 Å². The average Bonchev–Trinajstić information content (AvgIpc) is 2.34. The van der Waals surface area contributed by atoms with Gasteiger partial charge < -0.3 is 14.4 Å². The lowest BCUT2D eigenvalue weighted by molar-refractivity contribution is -0.147. The Morgan fingerprint density at radius 3 is 2.72 bits per heavy atom. The molecule has 0 aliphatic carbocycles. The fourth-order valence-corrected chi connectivity index (χ4v) is 1.95. The Bertz CT molecular complexity index is 271. The molecule has 0 aliphatic rings. The van der Waals surface area contributed by atoms with Crippen LogP contribution in [0.4, 0.5) is 0 Å². The van der Waals surface area contributed by atoms with Gasteiger partial charge in [0.25, 0.3) is 0 Å². The van der Waals surface area contributed by atoms with Crippen molar-refractivity contribution in [2.45, 2.75) is 6.92 Å². The summed E-state index contributed by atoms with van der Waals surface area (Å²) in [5, 5.41) is 0. The van der Waals surface area contributed by atoms with Gasteiger partial charge in [-0.05, 0) is 6.92 Å². The molecule has 6 heteroatoms. The van der Waals surface area contributed by atoms with Gasteiger partial charge in [0, 0.05) is 19.4 Å². The molecule has 0 aliphatic heterocycles. The Kier molecular flexibility index (Phi) is 10.5. The number of carbonyl (C=O) groups is 2. The predicted molar refractivity (Wildman–Crippen MR) is 72.6 cm³/mol. The van der Waals surface area contributed by atoms with Crippen molar-refractivity contribution in [1.82, 2.24) is 4.90 Å². The molecule has 1 amide bonds. The Morgan fingerprint density at radius 2 is 2.17 bits per heavy atom. The Morgan fingerprint density at radius 1 is 1.44 bits per heavy atom. The minimum Gasteiger partial charge on any atom is -0.465 e. The quantitative estimate of drug-likeness (QED) is 0.337. The highest BCUT2D eigenvalue weighted by Gasteiger charge is 2.16. The van der Waals surface area contributed by atoms with Crippen molar-refractivity contribution in [3.63, 3.8) is 0 Å². The highest BCUT2D eigenvalue weighted by atomic mass is 32.2. The first kappa shape index (κ1) is 17.0. The van der Waals surface area contributed by atoms with Crippen LogP contribution in [0.25, 0.3) is 0 Å². The maximum absolute atomic E-state index is 11.8. The highest BCUT2D eigenvalue weighted by Crippen LogP contribution is 2.03. The number of hydrogen-bond donors (Lipinski definition) is 0. The summed E-state index contributed by atoms with van der Waals surface area (Å²) in [6, 6.07) is 0. The lowest BCUT2D eigenvalue weighted by Crippen LogP contribution is -2.37. The third-order valence-electron chi connectivity index (χ3n) is 1.98. The normalized spacial score (nSPS) is 9.89. The van der Waals surface area contributed by atoms with Crippen LogP contribution in [0.5, 0.6) is 0 Å². The van der Waals surface area contributed by atoms with E-state index in [0.717, 1.165) is 5.75 Å². The van der Waals surface area contributed by atoms with Gasteiger partial charge in [0.1, 0.15) is 6.54 Å². The maximum Gasteiger partial charge on any atom is 0.325 e. The molecule has 0 atom stereocenters. The van der Waals surface area contributed by atoms with E-state index < -0.39 is 5.97 Å². The van der Waals surface area contributed by atoms with E-state index in [4.69, 9.17) is 9.47 Å². The molecular weight excluding hydrogens is 254 g/mol. The molecule has 0 saturated carbocycles. The Balaban J connectivity index is 4.09. The van der Waals surface area contributed by atoms with Crippen LogP contribution in [0.2, 0.25) is 0 Å². The number of hydrogen-bond acceptors (Lipinski definition) is 5. The lowest BCUT2D eigenvalue weighted by atomic mass is 10.4. The Hall–Kier alpha value is -1.01. The van der Waals surface area contributed by atoms with Crippen molar-refractivity contribution < 1.29 is 19.1 Å². The van der Waals surface area contributed by atoms with Crippen LogP contribution in [-0.2, 0) is 19.1 Å². The molecule has 0 aromatic carbocycles.